The van der Waals surface area contributed by atoms with Crippen molar-refractivity contribution in [2.75, 3.05) is 26.3 Å². The van der Waals surface area contributed by atoms with Gasteiger partial charge < -0.3 is 15.4 Å². The van der Waals surface area contributed by atoms with Gasteiger partial charge in [-0.15, -0.1) is 0 Å². The zero-order chi connectivity index (χ0) is 8.81. The number of rotatable bonds is 4. The average molecular weight is 172 g/mol. The van der Waals surface area contributed by atoms with E-state index in [2.05, 4.69) is 10.6 Å². The Hall–Kier alpha value is -0.610. The number of hydrogen-bond donors (Lipinski definition) is 2. The van der Waals surface area contributed by atoms with Gasteiger partial charge in [-0.1, -0.05) is 0 Å². The molecule has 4 heteroatoms. The highest BCUT2D eigenvalue weighted by Gasteiger charge is 2.15. The van der Waals surface area contributed by atoms with Crippen LogP contribution in [0.2, 0.25) is 0 Å². The lowest BCUT2D eigenvalue weighted by Crippen LogP contribution is -2.39. The first-order valence-electron chi connectivity index (χ1n) is 4.40. The van der Waals surface area contributed by atoms with Crippen LogP contribution in [-0.4, -0.2) is 38.3 Å². The van der Waals surface area contributed by atoms with Crippen LogP contribution < -0.4 is 10.6 Å². The maximum absolute atomic E-state index is 11.0. The number of carbonyl (C=O) groups is 1. The van der Waals surface area contributed by atoms with Gasteiger partial charge in [-0.3, -0.25) is 4.79 Å². The Labute approximate surface area is 72.7 Å². The first-order valence-corrected chi connectivity index (χ1v) is 4.40. The summed E-state index contributed by atoms with van der Waals surface area (Å²) in [6.45, 7) is 4.56. The van der Waals surface area contributed by atoms with E-state index in [1.165, 1.54) is 0 Å². The Morgan fingerprint density at radius 2 is 2.50 bits per heavy atom. The number of carbonyl (C=O) groups excluding carboxylic acids is 1. The molecule has 12 heavy (non-hydrogen) atoms. The minimum absolute atomic E-state index is 0.0596. The van der Waals surface area contributed by atoms with E-state index in [1.807, 2.05) is 6.92 Å². The van der Waals surface area contributed by atoms with Gasteiger partial charge in [0.25, 0.3) is 0 Å². The summed E-state index contributed by atoms with van der Waals surface area (Å²) in [5.74, 6) is 0.0596. The third kappa shape index (κ3) is 3.19. The molecule has 1 atom stereocenters. The van der Waals surface area contributed by atoms with E-state index in [0.29, 0.717) is 19.1 Å². The zero-order valence-electron chi connectivity index (χ0n) is 7.43. The minimum Gasteiger partial charge on any atom is -0.380 e. The van der Waals surface area contributed by atoms with Gasteiger partial charge in [0.15, 0.2) is 0 Å². The topological polar surface area (TPSA) is 50.4 Å². The summed E-state index contributed by atoms with van der Waals surface area (Å²) >= 11 is 0. The van der Waals surface area contributed by atoms with E-state index in [1.54, 1.807) is 0 Å². The predicted octanol–water partition coefficient (Wildman–Crippen LogP) is -0.499. The zero-order valence-corrected chi connectivity index (χ0v) is 7.43. The van der Waals surface area contributed by atoms with Gasteiger partial charge in [0.05, 0.1) is 13.2 Å². The highest BCUT2D eigenvalue weighted by Crippen LogP contribution is 2.01. The lowest BCUT2D eigenvalue weighted by Gasteiger charge is -2.09. The van der Waals surface area contributed by atoms with Gasteiger partial charge in [0.1, 0.15) is 0 Å². The van der Waals surface area contributed by atoms with Crippen molar-refractivity contribution in [3.63, 3.8) is 0 Å². The summed E-state index contributed by atoms with van der Waals surface area (Å²) in [6.07, 6.45) is 1.01. The fourth-order valence-corrected chi connectivity index (χ4v) is 1.19. The Balaban J connectivity index is 2.03. The number of hydrogen-bond acceptors (Lipinski definition) is 3. The fraction of sp³-hybridized carbons (Fsp3) is 0.875. The smallest absolute Gasteiger partial charge is 0.233 e. The maximum Gasteiger partial charge on any atom is 0.233 e. The minimum atomic E-state index is 0.0596. The van der Waals surface area contributed by atoms with Gasteiger partial charge in [0, 0.05) is 19.2 Å². The number of likely N-dealkylation sites (N-methyl/N-ethyl adjacent to an activating group) is 1. The van der Waals surface area contributed by atoms with Gasteiger partial charge >= 0.3 is 0 Å². The molecule has 0 aliphatic carbocycles. The van der Waals surface area contributed by atoms with Crippen LogP contribution in [0.25, 0.3) is 0 Å². The maximum atomic E-state index is 11.0. The molecule has 1 unspecified atom stereocenters. The quantitative estimate of drug-likeness (QED) is 0.601. The second kappa shape index (κ2) is 5.11. The molecule has 1 rings (SSSR count). The molecule has 0 saturated carbocycles. The Morgan fingerprint density at radius 1 is 1.67 bits per heavy atom. The van der Waals surface area contributed by atoms with Crippen molar-refractivity contribution < 1.29 is 9.53 Å². The van der Waals surface area contributed by atoms with Crippen LogP contribution in [-0.2, 0) is 9.53 Å². The van der Waals surface area contributed by atoms with Crippen molar-refractivity contribution in [1.29, 1.82) is 0 Å². The number of nitrogens with one attached hydrogen (secondary N) is 2. The molecule has 4 nitrogen and oxygen atoms in total. The molecule has 1 amide bonds. The molecule has 1 heterocycles. The summed E-state index contributed by atoms with van der Waals surface area (Å²) in [6, 6.07) is 0.368. The van der Waals surface area contributed by atoms with Crippen LogP contribution in [0.1, 0.15) is 13.3 Å². The van der Waals surface area contributed by atoms with Crippen molar-refractivity contribution in [3.05, 3.63) is 0 Å². The van der Waals surface area contributed by atoms with E-state index >= 15 is 0 Å². The summed E-state index contributed by atoms with van der Waals surface area (Å²) in [7, 11) is 0. The Kier molecular flexibility index (Phi) is 4.04. The molecular formula is C8H16N2O2. The molecule has 1 aliphatic heterocycles. The molecule has 0 aromatic heterocycles. The van der Waals surface area contributed by atoms with E-state index in [-0.39, 0.29) is 5.91 Å². The molecule has 1 aliphatic rings. The molecule has 0 aromatic carbocycles. The van der Waals surface area contributed by atoms with Crippen molar-refractivity contribution in [2.24, 2.45) is 0 Å². The van der Waals surface area contributed by atoms with Gasteiger partial charge in [-0.2, -0.15) is 0 Å². The molecule has 1 saturated heterocycles. The van der Waals surface area contributed by atoms with Crippen molar-refractivity contribution in [2.45, 2.75) is 19.4 Å². The molecule has 0 radical (unpaired) electrons. The van der Waals surface area contributed by atoms with E-state index in [0.717, 1.165) is 19.6 Å². The predicted molar refractivity (Wildman–Crippen MR) is 45.9 cm³/mol. The van der Waals surface area contributed by atoms with Crippen LogP contribution >= 0.6 is 0 Å². The Morgan fingerprint density at radius 3 is 3.08 bits per heavy atom. The van der Waals surface area contributed by atoms with Crippen LogP contribution in [0.4, 0.5) is 0 Å². The van der Waals surface area contributed by atoms with E-state index < -0.39 is 0 Å². The molecule has 0 spiro atoms. The summed E-state index contributed by atoms with van der Waals surface area (Å²) in [5.41, 5.74) is 0. The van der Waals surface area contributed by atoms with E-state index in [4.69, 9.17) is 4.74 Å². The largest absolute Gasteiger partial charge is 0.380 e. The molecule has 2 N–H and O–H groups in total. The van der Waals surface area contributed by atoms with Crippen LogP contribution in [0.15, 0.2) is 0 Å². The monoisotopic (exact) mass is 172 g/mol. The third-order valence-electron chi connectivity index (χ3n) is 1.85. The molecule has 0 bridgehead atoms. The van der Waals surface area contributed by atoms with Gasteiger partial charge in [0.2, 0.25) is 5.91 Å². The van der Waals surface area contributed by atoms with Gasteiger partial charge in [-0.05, 0) is 13.3 Å². The third-order valence-corrected chi connectivity index (χ3v) is 1.85. The standard InChI is InChI=1S/C8H16N2O2/c1-2-9-8(11)5-10-7-3-4-12-6-7/h7,10H,2-6H2,1H3,(H,9,11). The SMILES string of the molecule is CCNC(=O)CNC1CCOC1. The number of amides is 1. The first-order chi connectivity index (χ1) is 5.83. The summed E-state index contributed by atoms with van der Waals surface area (Å²) < 4.78 is 5.16. The molecule has 70 valence electrons. The van der Waals surface area contributed by atoms with Crippen molar-refractivity contribution in [1.82, 2.24) is 10.6 Å². The Bertz CT molecular complexity index is 144. The summed E-state index contributed by atoms with van der Waals surface area (Å²) in [5, 5.41) is 5.86. The fourth-order valence-electron chi connectivity index (χ4n) is 1.19. The number of ether oxygens (including phenoxy) is 1. The average Bonchev–Trinajstić information content (AvgIpc) is 2.53. The second-order valence-corrected chi connectivity index (χ2v) is 2.89. The highest BCUT2D eigenvalue weighted by molar-refractivity contribution is 5.77. The van der Waals surface area contributed by atoms with Crippen LogP contribution in [0.3, 0.4) is 0 Å². The lowest BCUT2D eigenvalue weighted by molar-refractivity contribution is -0.120. The molecule has 1 fully saturated rings. The lowest BCUT2D eigenvalue weighted by atomic mass is 10.2. The normalized spacial score (nSPS) is 22.6. The summed E-state index contributed by atoms with van der Waals surface area (Å²) in [4.78, 5) is 11.0. The second-order valence-electron chi connectivity index (χ2n) is 2.89. The molecular weight excluding hydrogens is 156 g/mol. The van der Waals surface area contributed by atoms with Crippen LogP contribution in [0.5, 0.6) is 0 Å². The van der Waals surface area contributed by atoms with Crippen molar-refractivity contribution in [3.8, 4) is 0 Å². The first kappa shape index (κ1) is 9.48. The van der Waals surface area contributed by atoms with Crippen molar-refractivity contribution >= 4 is 5.91 Å². The highest BCUT2D eigenvalue weighted by atomic mass is 16.5. The van der Waals surface area contributed by atoms with Crippen LogP contribution in [0, 0.1) is 0 Å². The van der Waals surface area contributed by atoms with Gasteiger partial charge in [-0.25, -0.2) is 0 Å². The van der Waals surface area contributed by atoms with E-state index in [9.17, 15) is 4.79 Å². The molecule has 0 aromatic rings.